The van der Waals surface area contributed by atoms with Crippen LogP contribution in [0.2, 0.25) is 4.34 Å². The van der Waals surface area contributed by atoms with Crippen LogP contribution in [0.25, 0.3) is 0 Å². The molecule has 0 saturated carbocycles. The van der Waals surface area contributed by atoms with Crippen LogP contribution >= 0.6 is 34.9 Å². The van der Waals surface area contributed by atoms with E-state index in [2.05, 4.69) is 61.5 Å². The standard InChI is InChI=1S/C31H38ClNOS2/c1-4-5-10-24-14-16-25-13-9-18-33(36-28(25)19-24)22-26-20-27(35-30(26)32)21-31(2,3)29(34)17-15-23-11-7-6-8-12-23/h6-8,11-12,14,16,19-20H,4-5,9-10,13,15,17-18,21-22H2,1-3H3. The van der Waals surface area contributed by atoms with Gasteiger partial charge in [0, 0.05) is 34.7 Å². The summed E-state index contributed by atoms with van der Waals surface area (Å²) in [5.41, 5.74) is 4.92. The molecule has 2 nitrogen and oxygen atoms in total. The number of Topliss-reactive ketones (excluding diaryl/α,β-unsaturated/α-hetero) is 1. The minimum absolute atomic E-state index is 0.316. The van der Waals surface area contributed by atoms with E-state index < -0.39 is 5.41 Å². The van der Waals surface area contributed by atoms with Crippen molar-refractivity contribution in [1.29, 1.82) is 0 Å². The first-order valence-corrected chi connectivity index (χ1v) is 15.2. The number of benzene rings is 2. The number of ketones is 1. The smallest absolute Gasteiger partial charge is 0.139 e. The summed E-state index contributed by atoms with van der Waals surface area (Å²) in [5.74, 6) is 0.316. The average molecular weight is 540 g/mol. The highest BCUT2D eigenvalue weighted by molar-refractivity contribution is 7.97. The SMILES string of the molecule is CCCCc1ccc2c(c1)SN(Cc1cc(CC(C)(C)C(=O)CCc3ccccc3)sc1Cl)CCC2. The van der Waals surface area contributed by atoms with Gasteiger partial charge >= 0.3 is 0 Å². The van der Waals surface area contributed by atoms with E-state index in [0.29, 0.717) is 12.2 Å². The maximum Gasteiger partial charge on any atom is 0.139 e. The second-order valence-electron chi connectivity index (χ2n) is 10.6. The quantitative estimate of drug-likeness (QED) is 0.227. The van der Waals surface area contributed by atoms with Crippen LogP contribution in [0.15, 0.2) is 59.5 Å². The number of halogens is 1. The number of nitrogens with zero attached hydrogens (tertiary/aromatic N) is 1. The Balaban J connectivity index is 1.38. The van der Waals surface area contributed by atoms with Crippen molar-refractivity contribution in [2.24, 2.45) is 5.41 Å². The number of fused-ring (bicyclic) bond motifs is 1. The maximum atomic E-state index is 13.1. The molecule has 1 aliphatic heterocycles. The van der Waals surface area contributed by atoms with E-state index in [4.69, 9.17) is 11.6 Å². The third-order valence-electron chi connectivity index (χ3n) is 7.04. The number of unbranched alkanes of at least 4 members (excludes halogenated alkanes) is 1. The summed E-state index contributed by atoms with van der Waals surface area (Å²) in [5, 5.41) is 0. The van der Waals surface area contributed by atoms with Crippen LogP contribution in [0, 0.1) is 5.41 Å². The molecule has 0 saturated heterocycles. The van der Waals surface area contributed by atoms with E-state index in [0.717, 1.165) is 49.5 Å². The van der Waals surface area contributed by atoms with E-state index in [9.17, 15) is 4.79 Å². The fourth-order valence-electron chi connectivity index (χ4n) is 4.79. The van der Waals surface area contributed by atoms with Crippen molar-refractivity contribution in [3.8, 4) is 0 Å². The third-order valence-corrected chi connectivity index (χ3v) is 9.63. The van der Waals surface area contributed by atoms with E-state index in [1.54, 1.807) is 11.3 Å². The molecule has 0 atom stereocenters. The van der Waals surface area contributed by atoms with Gasteiger partial charge in [0.25, 0.3) is 0 Å². The molecule has 0 spiro atoms. The van der Waals surface area contributed by atoms with Crippen molar-refractivity contribution in [1.82, 2.24) is 4.31 Å². The van der Waals surface area contributed by atoms with E-state index in [-0.39, 0.29) is 0 Å². The number of carbonyl (C=O) groups excluding carboxylic acids is 1. The summed E-state index contributed by atoms with van der Waals surface area (Å²) in [6.45, 7) is 8.28. The molecule has 0 unspecified atom stereocenters. The fourth-order valence-corrected chi connectivity index (χ4v) is 7.51. The van der Waals surface area contributed by atoms with Gasteiger partial charge in [0.1, 0.15) is 5.78 Å². The van der Waals surface area contributed by atoms with Crippen LogP contribution in [0.3, 0.4) is 0 Å². The second-order valence-corrected chi connectivity index (χ2v) is 13.5. The molecule has 0 fully saturated rings. The Morgan fingerprint density at radius 1 is 1.06 bits per heavy atom. The van der Waals surface area contributed by atoms with Crippen molar-refractivity contribution < 1.29 is 4.79 Å². The third kappa shape index (κ3) is 7.47. The van der Waals surface area contributed by atoms with Gasteiger partial charge in [0.2, 0.25) is 0 Å². The summed E-state index contributed by atoms with van der Waals surface area (Å²) in [4.78, 5) is 15.7. The van der Waals surface area contributed by atoms with Crippen LogP contribution in [-0.2, 0) is 37.0 Å². The highest BCUT2D eigenvalue weighted by Crippen LogP contribution is 2.38. The normalized spacial score (nSPS) is 14.4. The van der Waals surface area contributed by atoms with Gasteiger partial charge in [-0.1, -0.05) is 81.3 Å². The molecule has 5 heteroatoms. The molecule has 2 aromatic carbocycles. The molecule has 4 rings (SSSR count). The molecule has 0 amide bonds. The van der Waals surface area contributed by atoms with Crippen LogP contribution in [0.4, 0.5) is 0 Å². The van der Waals surface area contributed by atoms with Crippen molar-refractivity contribution >= 4 is 40.7 Å². The van der Waals surface area contributed by atoms with Crippen LogP contribution in [0.5, 0.6) is 0 Å². The Morgan fingerprint density at radius 3 is 2.64 bits per heavy atom. The monoisotopic (exact) mass is 539 g/mol. The molecule has 2 heterocycles. The molecular formula is C31H38ClNOS2. The first kappa shape index (κ1) is 27.4. The molecular weight excluding hydrogens is 502 g/mol. The predicted octanol–water partition coefficient (Wildman–Crippen LogP) is 8.97. The average Bonchev–Trinajstić information content (AvgIpc) is 3.07. The van der Waals surface area contributed by atoms with E-state index in [1.807, 2.05) is 30.1 Å². The first-order chi connectivity index (χ1) is 17.3. The van der Waals surface area contributed by atoms with Gasteiger partial charge in [-0.15, -0.1) is 11.3 Å². The van der Waals surface area contributed by atoms with Gasteiger partial charge in [0.15, 0.2) is 0 Å². The van der Waals surface area contributed by atoms with Crippen molar-refractivity contribution in [3.05, 3.63) is 86.1 Å². The Bertz CT molecular complexity index is 1150. The lowest BCUT2D eigenvalue weighted by Gasteiger charge is -2.22. The van der Waals surface area contributed by atoms with E-state index >= 15 is 0 Å². The minimum atomic E-state index is -0.397. The maximum absolute atomic E-state index is 13.1. The zero-order valence-electron chi connectivity index (χ0n) is 21.8. The topological polar surface area (TPSA) is 20.3 Å². The molecule has 3 aromatic rings. The lowest BCUT2D eigenvalue weighted by molar-refractivity contribution is -0.127. The molecule has 1 aliphatic rings. The Morgan fingerprint density at radius 2 is 1.86 bits per heavy atom. The minimum Gasteiger partial charge on any atom is -0.299 e. The van der Waals surface area contributed by atoms with E-state index in [1.165, 1.54) is 44.9 Å². The molecule has 192 valence electrons. The number of hydrogen-bond acceptors (Lipinski definition) is 4. The van der Waals surface area contributed by atoms with Gasteiger partial charge < -0.3 is 0 Å². The molecule has 36 heavy (non-hydrogen) atoms. The zero-order chi connectivity index (χ0) is 25.5. The van der Waals surface area contributed by atoms with Gasteiger partial charge in [0.05, 0.1) is 4.34 Å². The van der Waals surface area contributed by atoms with Crippen molar-refractivity contribution in [2.75, 3.05) is 6.54 Å². The number of hydrogen-bond donors (Lipinski definition) is 0. The van der Waals surface area contributed by atoms with Gasteiger partial charge in [-0.2, -0.15) is 0 Å². The summed E-state index contributed by atoms with van der Waals surface area (Å²) in [7, 11) is 0. The highest BCUT2D eigenvalue weighted by Gasteiger charge is 2.29. The van der Waals surface area contributed by atoms with Crippen molar-refractivity contribution in [2.45, 2.75) is 83.6 Å². The summed E-state index contributed by atoms with van der Waals surface area (Å²) >= 11 is 10.3. The lowest BCUT2D eigenvalue weighted by atomic mass is 9.81. The molecule has 0 aliphatic carbocycles. The van der Waals surface area contributed by atoms with Crippen molar-refractivity contribution in [3.63, 3.8) is 0 Å². The number of carbonyl (C=O) groups is 1. The molecule has 0 N–H and O–H groups in total. The van der Waals surface area contributed by atoms with Crippen LogP contribution in [-0.4, -0.2) is 16.6 Å². The zero-order valence-corrected chi connectivity index (χ0v) is 24.2. The summed E-state index contributed by atoms with van der Waals surface area (Å²) in [6.07, 6.45) is 8.03. The molecule has 1 aromatic heterocycles. The fraction of sp³-hybridized carbons (Fsp3) is 0.452. The molecule has 0 radical (unpaired) electrons. The molecule has 0 bridgehead atoms. The second kappa shape index (κ2) is 12.8. The number of rotatable bonds is 11. The highest BCUT2D eigenvalue weighted by atomic mass is 35.5. The van der Waals surface area contributed by atoms with Crippen LogP contribution in [0.1, 0.15) is 73.6 Å². The van der Waals surface area contributed by atoms with Gasteiger partial charge in [-0.3, -0.25) is 4.79 Å². The Labute approximate surface area is 230 Å². The summed E-state index contributed by atoms with van der Waals surface area (Å²) < 4.78 is 3.32. The lowest BCUT2D eigenvalue weighted by Crippen LogP contribution is -2.26. The van der Waals surface area contributed by atoms with Gasteiger partial charge in [-0.25, -0.2) is 4.31 Å². The first-order valence-electron chi connectivity index (χ1n) is 13.2. The number of aryl methyl sites for hydroxylation is 3. The van der Waals surface area contributed by atoms with Crippen LogP contribution < -0.4 is 0 Å². The predicted molar refractivity (Wildman–Crippen MR) is 156 cm³/mol. The summed E-state index contributed by atoms with van der Waals surface area (Å²) in [6, 6.07) is 19.6. The Hall–Kier alpha value is -1.59. The largest absolute Gasteiger partial charge is 0.299 e. The number of thiophene rings is 1. The van der Waals surface area contributed by atoms with Gasteiger partial charge in [-0.05, 0) is 84.9 Å². The Kier molecular flexibility index (Phi) is 9.74.